The van der Waals surface area contributed by atoms with Gasteiger partial charge in [0.2, 0.25) is 0 Å². The van der Waals surface area contributed by atoms with Crippen LogP contribution in [0.3, 0.4) is 0 Å². The van der Waals surface area contributed by atoms with Crippen LogP contribution in [0.1, 0.15) is 21.5 Å². The SMILES string of the molecule is Cc1ccc(C(=O)NCC2CNC2)cc1C.Cl. The lowest BCUT2D eigenvalue weighted by Gasteiger charge is -2.27. The third-order valence-corrected chi connectivity index (χ3v) is 3.19. The van der Waals surface area contributed by atoms with E-state index in [1.54, 1.807) is 0 Å². The van der Waals surface area contributed by atoms with Crippen molar-refractivity contribution in [1.29, 1.82) is 0 Å². The second-order valence-electron chi connectivity index (χ2n) is 4.53. The van der Waals surface area contributed by atoms with Gasteiger partial charge in [-0.25, -0.2) is 0 Å². The van der Waals surface area contributed by atoms with Gasteiger partial charge in [-0.3, -0.25) is 4.79 Å². The maximum Gasteiger partial charge on any atom is 0.251 e. The molecule has 0 aromatic heterocycles. The van der Waals surface area contributed by atoms with Crippen molar-refractivity contribution in [3.8, 4) is 0 Å². The Bertz CT molecular complexity index is 402. The van der Waals surface area contributed by atoms with Crippen LogP contribution in [-0.4, -0.2) is 25.5 Å². The highest BCUT2D eigenvalue weighted by Gasteiger charge is 2.17. The van der Waals surface area contributed by atoms with Crippen molar-refractivity contribution in [2.75, 3.05) is 19.6 Å². The first-order valence-corrected chi connectivity index (χ1v) is 5.73. The molecule has 2 N–H and O–H groups in total. The number of benzene rings is 1. The fraction of sp³-hybridized carbons (Fsp3) is 0.462. The van der Waals surface area contributed by atoms with E-state index in [9.17, 15) is 4.79 Å². The second kappa shape index (κ2) is 6.03. The Hall–Kier alpha value is -1.06. The average molecular weight is 255 g/mol. The van der Waals surface area contributed by atoms with Gasteiger partial charge in [0.05, 0.1) is 0 Å². The second-order valence-corrected chi connectivity index (χ2v) is 4.53. The van der Waals surface area contributed by atoms with Crippen LogP contribution in [0.15, 0.2) is 18.2 Å². The van der Waals surface area contributed by atoms with Crippen molar-refractivity contribution in [3.63, 3.8) is 0 Å². The van der Waals surface area contributed by atoms with E-state index < -0.39 is 0 Å². The largest absolute Gasteiger partial charge is 0.352 e. The molecule has 1 fully saturated rings. The molecule has 0 bridgehead atoms. The standard InChI is InChI=1S/C13H18N2O.ClH/c1-9-3-4-12(5-10(9)2)13(16)15-8-11-6-14-7-11;/h3-5,11,14H,6-8H2,1-2H3,(H,15,16);1H. The van der Waals surface area contributed by atoms with Gasteiger partial charge in [-0.1, -0.05) is 6.07 Å². The van der Waals surface area contributed by atoms with Crippen LogP contribution in [0.4, 0.5) is 0 Å². The van der Waals surface area contributed by atoms with Gasteiger partial charge < -0.3 is 10.6 Å². The molecule has 94 valence electrons. The van der Waals surface area contributed by atoms with Crippen LogP contribution in [0.5, 0.6) is 0 Å². The molecule has 1 aromatic carbocycles. The summed E-state index contributed by atoms with van der Waals surface area (Å²) >= 11 is 0. The molecule has 2 rings (SSSR count). The lowest BCUT2D eigenvalue weighted by Crippen LogP contribution is -2.48. The summed E-state index contributed by atoms with van der Waals surface area (Å²) in [5.41, 5.74) is 3.15. The van der Waals surface area contributed by atoms with Crippen molar-refractivity contribution >= 4 is 18.3 Å². The van der Waals surface area contributed by atoms with E-state index in [0.717, 1.165) is 30.8 Å². The lowest BCUT2D eigenvalue weighted by atomic mass is 10.0. The van der Waals surface area contributed by atoms with E-state index in [1.165, 1.54) is 5.56 Å². The highest BCUT2D eigenvalue weighted by atomic mass is 35.5. The third kappa shape index (κ3) is 3.45. The van der Waals surface area contributed by atoms with E-state index >= 15 is 0 Å². The Balaban J connectivity index is 0.00000144. The molecule has 17 heavy (non-hydrogen) atoms. The van der Waals surface area contributed by atoms with Gasteiger partial charge in [-0.2, -0.15) is 0 Å². The van der Waals surface area contributed by atoms with Gasteiger partial charge in [0, 0.05) is 31.1 Å². The van der Waals surface area contributed by atoms with Gasteiger partial charge in [-0.15, -0.1) is 12.4 Å². The summed E-state index contributed by atoms with van der Waals surface area (Å²) in [6.45, 7) is 6.90. The number of amides is 1. The molecule has 1 aliphatic heterocycles. The molecule has 1 aliphatic rings. The van der Waals surface area contributed by atoms with E-state index in [4.69, 9.17) is 0 Å². The molecule has 0 spiro atoms. The van der Waals surface area contributed by atoms with E-state index in [1.807, 2.05) is 25.1 Å². The molecule has 0 radical (unpaired) electrons. The Kier molecular flexibility index (Phi) is 4.97. The van der Waals surface area contributed by atoms with Crippen molar-refractivity contribution in [2.24, 2.45) is 5.92 Å². The number of carbonyl (C=O) groups excluding carboxylic acids is 1. The van der Waals surface area contributed by atoms with Gasteiger partial charge >= 0.3 is 0 Å². The highest BCUT2D eigenvalue weighted by molar-refractivity contribution is 5.94. The normalized spacial score (nSPS) is 14.7. The van der Waals surface area contributed by atoms with Gasteiger partial charge in [0.1, 0.15) is 0 Å². The molecule has 1 heterocycles. The van der Waals surface area contributed by atoms with E-state index in [2.05, 4.69) is 17.6 Å². The zero-order valence-electron chi connectivity index (χ0n) is 10.2. The Morgan fingerprint density at radius 2 is 2.06 bits per heavy atom. The average Bonchev–Trinajstić information content (AvgIpc) is 2.19. The summed E-state index contributed by atoms with van der Waals surface area (Å²) < 4.78 is 0. The van der Waals surface area contributed by atoms with E-state index in [0.29, 0.717) is 5.92 Å². The Morgan fingerprint density at radius 1 is 1.35 bits per heavy atom. The Labute approximate surface area is 108 Å². The minimum Gasteiger partial charge on any atom is -0.352 e. The predicted octanol–water partition coefficient (Wildman–Crippen LogP) is 1.67. The first-order valence-electron chi connectivity index (χ1n) is 5.73. The Morgan fingerprint density at radius 3 is 2.59 bits per heavy atom. The molecule has 0 aliphatic carbocycles. The lowest BCUT2D eigenvalue weighted by molar-refractivity contribution is 0.0942. The highest BCUT2D eigenvalue weighted by Crippen LogP contribution is 2.10. The van der Waals surface area contributed by atoms with Crippen molar-refractivity contribution < 1.29 is 4.79 Å². The van der Waals surface area contributed by atoms with Gasteiger partial charge in [-0.05, 0) is 37.1 Å². The molecule has 0 unspecified atom stereocenters. The summed E-state index contributed by atoms with van der Waals surface area (Å²) in [7, 11) is 0. The fourth-order valence-electron chi connectivity index (χ4n) is 1.71. The molecule has 0 atom stereocenters. The fourth-order valence-corrected chi connectivity index (χ4v) is 1.71. The van der Waals surface area contributed by atoms with Crippen LogP contribution in [0, 0.1) is 19.8 Å². The number of rotatable bonds is 3. The number of halogens is 1. The maximum absolute atomic E-state index is 11.8. The third-order valence-electron chi connectivity index (χ3n) is 3.19. The summed E-state index contributed by atoms with van der Waals surface area (Å²) in [4.78, 5) is 11.8. The molecule has 4 heteroatoms. The van der Waals surface area contributed by atoms with Gasteiger partial charge in [0.15, 0.2) is 0 Å². The van der Waals surface area contributed by atoms with Crippen LogP contribution in [0.25, 0.3) is 0 Å². The summed E-state index contributed by atoms with van der Waals surface area (Å²) in [6.07, 6.45) is 0. The monoisotopic (exact) mass is 254 g/mol. The topological polar surface area (TPSA) is 41.1 Å². The number of hydrogen-bond acceptors (Lipinski definition) is 2. The zero-order valence-corrected chi connectivity index (χ0v) is 11.1. The van der Waals surface area contributed by atoms with Crippen LogP contribution >= 0.6 is 12.4 Å². The predicted molar refractivity (Wildman–Crippen MR) is 71.9 cm³/mol. The number of nitrogens with one attached hydrogen (secondary N) is 2. The molecule has 1 aromatic rings. The number of carbonyl (C=O) groups is 1. The summed E-state index contributed by atoms with van der Waals surface area (Å²) in [5.74, 6) is 0.644. The minimum atomic E-state index is 0. The van der Waals surface area contributed by atoms with Crippen LogP contribution in [-0.2, 0) is 0 Å². The molecular weight excluding hydrogens is 236 g/mol. The van der Waals surface area contributed by atoms with Gasteiger partial charge in [0.25, 0.3) is 5.91 Å². The molecule has 0 saturated carbocycles. The zero-order chi connectivity index (χ0) is 11.5. The number of hydrogen-bond donors (Lipinski definition) is 2. The molecule has 1 saturated heterocycles. The summed E-state index contributed by atoms with van der Waals surface area (Å²) in [6, 6.07) is 5.83. The van der Waals surface area contributed by atoms with Crippen LogP contribution in [0.2, 0.25) is 0 Å². The minimum absolute atomic E-state index is 0. The first kappa shape index (κ1) is 14.0. The quantitative estimate of drug-likeness (QED) is 0.862. The molecule has 3 nitrogen and oxygen atoms in total. The van der Waals surface area contributed by atoms with Crippen LogP contribution < -0.4 is 10.6 Å². The van der Waals surface area contributed by atoms with Crippen molar-refractivity contribution in [1.82, 2.24) is 10.6 Å². The number of aryl methyl sites for hydroxylation is 2. The first-order chi connectivity index (χ1) is 7.66. The maximum atomic E-state index is 11.8. The molecular formula is C13H19ClN2O. The van der Waals surface area contributed by atoms with Crippen molar-refractivity contribution in [3.05, 3.63) is 34.9 Å². The molecule has 1 amide bonds. The summed E-state index contributed by atoms with van der Waals surface area (Å²) in [5, 5.41) is 6.16. The smallest absolute Gasteiger partial charge is 0.251 e. The van der Waals surface area contributed by atoms with Crippen molar-refractivity contribution in [2.45, 2.75) is 13.8 Å². The van der Waals surface area contributed by atoms with E-state index in [-0.39, 0.29) is 18.3 Å².